The Hall–Kier alpha value is -1.73. The van der Waals surface area contributed by atoms with Gasteiger partial charge >= 0.3 is 0 Å². The van der Waals surface area contributed by atoms with E-state index in [9.17, 15) is 4.79 Å². The van der Waals surface area contributed by atoms with E-state index in [2.05, 4.69) is 20.9 Å². The zero-order valence-electron chi connectivity index (χ0n) is 13.1. The normalized spacial score (nSPS) is 20.0. The molecule has 23 heavy (non-hydrogen) atoms. The van der Waals surface area contributed by atoms with Crippen molar-refractivity contribution in [3.8, 4) is 0 Å². The number of benzene rings is 1. The summed E-state index contributed by atoms with van der Waals surface area (Å²) < 4.78 is 1.82. The second-order valence-electron chi connectivity index (χ2n) is 5.73. The van der Waals surface area contributed by atoms with Crippen molar-refractivity contribution in [2.45, 2.75) is 43.3 Å². The maximum Gasteiger partial charge on any atom is 0.236 e. The van der Waals surface area contributed by atoms with Crippen LogP contribution in [0.5, 0.6) is 0 Å². The number of nitrogens with zero attached hydrogens (tertiary/aromatic N) is 3. The Morgan fingerprint density at radius 3 is 2.70 bits per heavy atom. The van der Waals surface area contributed by atoms with Crippen LogP contribution < -0.4 is 10.7 Å². The van der Waals surface area contributed by atoms with Gasteiger partial charge in [0.25, 0.3) is 0 Å². The van der Waals surface area contributed by atoms with Crippen molar-refractivity contribution in [3.05, 3.63) is 40.7 Å². The molecule has 2 atom stereocenters. The smallest absolute Gasteiger partial charge is 0.236 e. The topological polar surface area (TPSA) is 71.8 Å². The van der Waals surface area contributed by atoms with Gasteiger partial charge in [-0.25, -0.2) is 4.68 Å². The molecule has 2 heterocycles. The van der Waals surface area contributed by atoms with E-state index in [1.807, 2.05) is 49.7 Å². The van der Waals surface area contributed by atoms with Crippen LogP contribution in [0.3, 0.4) is 0 Å². The highest BCUT2D eigenvalue weighted by atomic mass is 35.5. The summed E-state index contributed by atoms with van der Waals surface area (Å²) in [5, 5.41) is 12.2. The fourth-order valence-corrected chi connectivity index (χ4v) is 3.71. The van der Waals surface area contributed by atoms with E-state index in [1.165, 1.54) is 11.8 Å². The first-order valence-electron chi connectivity index (χ1n) is 7.37. The average molecular weight is 352 g/mol. The van der Waals surface area contributed by atoms with Crippen molar-refractivity contribution < 1.29 is 4.79 Å². The largest absolute Gasteiger partial charge is 0.353 e. The third-order valence-electron chi connectivity index (χ3n) is 3.52. The van der Waals surface area contributed by atoms with Crippen LogP contribution in [0.25, 0.3) is 0 Å². The lowest BCUT2D eigenvalue weighted by Gasteiger charge is -2.33. The van der Waals surface area contributed by atoms with Crippen molar-refractivity contribution in [2.24, 2.45) is 0 Å². The van der Waals surface area contributed by atoms with Gasteiger partial charge in [-0.15, -0.1) is 10.2 Å². The minimum atomic E-state index is -0.338. The number of carbonyl (C=O) groups is 1. The standard InChI is InChI=1S/C15H18ClN5OS/c1-8(2)17-14(22)13-12(10-4-6-11(16)7-5-10)20-21-9(3)18-19-15(21)23-13/h4-8,12-13,20H,1-3H3,(H,17,22)/t12-,13+/m0/s1. The summed E-state index contributed by atoms with van der Waals surface area (Å²) in [7, 11) is 0. The number of rotatable bonds is 3. The van der Waals surface area contributed by atoms with Crippen LogP contribution in [-0.2, 0) is 4.79 Å². The molecule has 2 N–H and O–H groups in total. The van der Waals surface area contributed by atoms with E-state index in [0.717, 1.165) is 11.4 Å². The molecule has 1 aliphatic rings. The fourth-order valence-electron chi connectivity index (χ4n) is 2.45. The van der Waals surface area contributed by atoms with Crippen LogP contribution in [0.1, 0.15) is 31.3 Å². The van der Waals surface area contributed by atoms with Crippen molar-refractivity contribution in [1.29, 1.82) is 0 Å². The second-order valence-corrected chi connectivity index (χ2v) is 7.27. The summed E-state index contributed by atoms with van der Waals surface area (Å²) in [4.78, 5) is 12.6. The van der Waals surface area contributed by atoms with Crippen LogP contribution in [0.15, 0.2) is 29.4 Å². The number of carbonyl (C=O) groups excluding carboxylic acids is 1. The fraction of sp³-hybridized carbons (Fsp3) is 0.400. The molecule has 0 unspecified atom stereocenters. The Bertz CT molecular complexity index is 715. The lowest BCUT2D eigenvalue weighted by atomic mass is 10.0. The molecule has 3 rings (SSSR count). The number of fused-ring (bicyclic) bond motifs is 1. The zero-order valence-corrected chi connectivity index (χ0v) is 14.6. The first-order valence-corrected chi connectivity index (χ1v) is 8.62. The van der Waals surface area contributed by atoms with Gasteiger partial charge in [-0.05, 0) is 38.5 Å². The molecule has 0 saturated carbocycles. The van der Waals surface area contributed by atoms with Gasteiger partial charge in [-0.2, -0.15) is 0 Å². The Balaban J connectivity index is 1.96. The molecule has 0 radical (unpaired) electrons. The maximum atomic E-state index is 12.6. The average Bonchev–Trinajstić information content (AvgIpc) is 2.87. The summed E-state index contributed by atoms with van der Waals surface area (Å²) in [5.41, 5.74) is 4.34. The number of hydrogen-bond donors (Lipinski definition) is 2. The first kappa shape index (κ1) is 16.1. The lowest BCUT2D eigenvalue weighted by Crippen LogP contribution is -2.45. The molecule has 1 aromatic heterocycles. The van der Waals surface area contributed by atoms with E-state index < -0.39 is 0 Å². The van der Waals surface area contributed by atoms with Crippen molar-refractivity contribution in [2.75, 3.05) is 5.43 Å². The Morgan fingerprint density at radius 1 is 1.35 bits per heavy atom. The predicted octanol–water partition coefficient (Wildman–Crippen LogP) is 2.52. The molecule has 6 nitrogen and oxygen atoms in total. The molecule has 1 aliphatic heterocycles. The van der Waals surface area contributed by atoms with E-state index in [1.54, 1.807) is 0 Å². The van der Waals surface area contributed by atoms with Gasteiger partial charge in [-0.3, -0.25) is 4.79 Å². The third kappa shape index (κ3) is 3.30. The third-order valence-corrected chi connectivity index (χ3v) is 4.98. The number of thioether (sulfide) groups is 1. The number of amides is 1. The molecule has 2 aromatic rings. The second kappa shape index (κ2) is 6.41. The molecular weight excluding hydrogens is 334 g/mol. The number of halogens is 1. The number of hydrogen-bond acceptors (Lipinski definition) is 5. The minimum Gasteiger partial charge on any atom is -0.353 e. The highest BCUT2D eigenvalue weighted by molar-refractivity contribution is 8.00. The molecule has 8 heteroatoms. The van der Waals surface area contributed by atoms with E-state index in [-0.39, 0.29) is 23.2 Å². The van der Waals surface area contributed by atoms with Crippen LogP contribution in [-0.4, -0.2) is 32.1 Å². The van der Waals surface area contributed by atoms with Crippen molar-refractivity contribution >= 4 is 29.3 Å². The van der Waals surface area contributed by atoms with Crippen LogP contribution in [0.4, 0.5) is 0 Å². The first-order chi connectivity index (χ1) is 11.0. The Labute approximate surface area is 144 Å². The van der Waals surface area contributed by atoms with Gasteiger partial charge in [-0.1, -0.05) is 35.5 Å². The Kier molecular flexibility index (Phi) is 4.50. The van der Waals surface area contributed by atoms with Crippen molar-refractivity contribution in [1.82, 2.24) is 20.2 Å². The molecule has 0 spiro atoms. The lowest BCUT2D eigenvalue weighted by molar-refractivity contribution is -0.121. The zero-order chi connectivity index (χ0) is 16.6. The molecule has 122 valence electrons. The molecule has 1 amide bonds. The molecule has 0 bridgehead atoms. The van der Waals surface area contributed by atoms with Gasteiger partial charge in [0.15, 0.2) is 0 Å². The molecule has 0 saturated heterocycles. The van der Waals surface area contributed by atoms with Crippen molar-refractivity contribution in [3.63, 3.8) is 0 Å². The quantitative estimate of drug-likeness (QED) is 0.889. The summed E-state index contributed by atoms with van der Waals surface area (Å²) in [6, 6.07) is 7.40. The number of nitrogens with one attached hydrogen (secondary N) is 2. The monoisotopic (exact) mass is 351 g/mol. The van der Waals surface area contributed by atoms with Gasteiger partial charge < -0.3 is 10.7 Å². The molecular formula is C15H18ClN5OS. The van der Waals surface area contributed by atoms with Crippen LogP contribution >= 0.6 is 23.4 Å². The van der Waals surface area contributed by atoms with E-state index >= 15 is 0 Å². The molecule has 1 aromatic carbocycles. The van der Waals surface area contributed by atoms with Gasteiger partial charge in [0.05, 0.1) is 6.04 Å². The van der Waals surface area contributed by atoms with E-state index in [4.69, 9.17) is 11.6 Å². The summed E-state index contributed by atoms with van der Waals surface area (Å²) in [6.07, 6.45) is 0. The van der Waals surface area contributed by atoms with Crippen LogP contribution in [0.2, 0.25) is 5.02 Å². The van der Waals surface area contributed by atoms with Gasteiger partial charge in [0.2, 0.25) is 11.1 Å². The van der Waals surface area contributed by atoms with Gasteiger partial charge in [0, 0.05) is 11.1 Å². The highest BCUT2D eigenvalue weighted by Crippen LogP contribution is 2.37. The maximum absolute atomic E-state index is 12.6. The predicted molar refractivity (Wildman–Crippen MR) is 91.2 cm³/mol. The van der Waals surface area contributed by atoms with Crippen LogP contribution in [0, 0.1) is 6.92 Å². The summed E-state index contributed by atoms with van der Waals surface area (Å²) >= 11 is 7.39. The molecule has 0 fully saturated rings. The minimum absolute atomic E-state index is 0.0237. The summed E-state index contributed by atoms with van der Waals surface area (Å²) in [5.74, 6) is 0.735. The highest BCUT2D eigenvalue weighted by Gasteiger charge is 2.37. The van der Waals surface area contributed by atoms with E-state index in [0.29, 0.717) is 10.2 Å². The Morgan fingerprint density at radius 2 is 2.04 bits per heavy atom. The number of aromatic nitrogens is 3. The number of aryl methyl sites for hydroxylation is 1. The van der Waals surface area contributed by atoms with Gasteiger partial charge in [0.1, 0.15) is 11.1 Å². The summed E-state index contributed by atoms with van der Waals surface area (Å²) in [6.45, 7) is 5.77. The molecule has 0 aliphatic carbocycles. The SMILES string of the molecule is Cc1nnc2n1N[C@@H](c1ccc(Cl)cc1)[C@H](C(=O)NC(C)C)S2.